The van der Waals surface area contributed by atoms with Crippen LogP contribution in [-0.2, 0) is 44.5 Å². The number of hydrogen-bond donors (Lipinski definition) is 4. The molecule has 322 valence electrons. The van der Waals surface area contributed by atoms with E-state index in [4.69, 9.17) is 28.4 Å². The van der Waals surface area contributed by atoms with Crippen molar-refractivity contribution in [3.8, 4) is 11.5 Å². The van der Waals surface area contributed by atoms with Crippen LogP contribution in [-0.4, -0.2) is 91.2 Å². The third-order valence-corrected chi connectivity index (χ3v) is 6.96. The lowest BCUT2D eigenvalue weighted by Gasteiger charge is -2.20. The Balaban J connectivity index is 3.11. The second-order valence-electron chi connectivity index (χ2n) is 16.2. The highest BCUT2D eigenvalue weighted by atomic mass is 16.6. The van der Waals surface area contributed by atoms with Crippen LogP contribution in [0, 0.1) is 0 Å². The summed E-state index contributed by atoms with van der Waals surface area (Å²) >= 11 is 0. The van der Waals surface area contributed by atoms with E-state index in [2.05, 4.69) is 21.3 Å². The van der Waals surface area contributed by atoms with Crippen LogP contribution in [0.5, 0.6) is 11.5 Å². The van der Waals surface area contributed by atoms with Crippen molar-refractivity contribution in [2.45, 2.75) is 150 Å². The van der Waals surface area contributed by atoms with Gasteiger partial charge in [-0.3, -0.25) is 14.4 Å². The van der Waals surface area contributed by atoms with Crippen LogP contribution >= 0.6 is 0 Å². The first kappa shape index (κ1) is 49.9. The highest BCUT2D eigenvalue weighted by Crippen LogP contribution is 2.30. The van der Waals surface area contributed by atoms with Gasteiger partial charge in [-0.25, -0.2) is 19.2 Å². The lowest BCUT2D eigenvalue weighted by molar-refractivity contribution is -0.148. The van der Waals surface area contributed by atoms with Gasteiger partial charge in [0, 0.05) is 45.3 Å². The van der Waals surface area contributed by atoms with Crippen molar-refractivity contribution in [1.29, 1.82) is 0 Å². The molecule has 0 aliphatic rings. The Morgan fingerprint density at radius 1 is 0.596 bits per heavy atom. The van der Waals surface area contributed by atoms with E-state index >= 15 is 0 Å². The topological polar surface area (TPSA) is 223 Å². The van der Waals surface area contributed by atoms with E-state index in [0.29, 0.717) is 12.0 Å². The van der Waals surface area contributed by atoms with E-state index < -0.39 is 64.9 Å². The number of alkyl carbamates (subject to hydrolysis) is 3. The highest BCUT2D eigenvalue weighted by molar-refractivity contribution is 5.85. The van der Waals surface area contributed by atoms with Crippen LogP contribution in [0.15, 0.2) is 18.2 Å². The van der Waals surface area contributed by atoms with Crippen molar-refractivity contribution in [3.05, 3.63) is 23.8 Å². The number of unbranched alkanes of at least 4 members (excludes halogenated alkanes) is 1. The summed E-state index contributed by atoms with van der Waals surface area (Å²) in [6.07, 6.45) is -0.0461. The fraction of sp³-hybridized carbons (Fsp3) is 0.675. The number of esters is 3. The summed E-state index contributed by atoms with van der Waals surface area (Å²) in [5, 5.41) is 10.4. The normalized spacial score (nSPS) is 12.0. The molecule has 0 bridgehead atoms. The minimum absolute atomic E-state index is 0.0115. The molecule has 1 aromatic carbocycles. The average molecular weight is 809 g/mol. The van der Waals surface area contributed by atoms with Crippen LogP contribution in [0.3, 0.4) is 0 Å². The molecule has 4 amide bonds. The van der Waals surface area contributed by atoms with Gasteiger partial charge in [-0.2, -0.15) is 0 Å². The molecule has 0 aromatic heterocycles. The van der Waals surface area contributed by atoms with Gasteiger partial charge >= 0.3 is 36.2 Å². The van der Waals surface area contributed by atoms with Crippen LogP contribution < -0.4 is 30.7 Å². The summed E-state index contributed by atoms with van der Waals surface area (Å²) in [4.78, 5) is 87.7. The fourth-order valence-corrected chi connectivity index (χ4v) is 4.53. The summed E-state index contributed by atoms with van der Waals surface area (Å²) in [5.74, 6) is -2.69. The Kier molecular flexibility index (Phi) is 21.5. The van der Waals surface area contributed by atoms with Gasteiger partial charge < -0.3 is 49.7 Å². The third-order valence-electron chi connectivity index (χ3n) is 6.96. The molecule has 1 aromatic rings. The van der Waals surface area contributed by atoms with Gasteiger partial charge in [-0.15, -0.1) is 0 Å². The van der Waals surface area contributed by atoms with Crippen molar-refractivity contribution in [2.24, 2.45) is 0 Å². The van der Waals surface area contributed by atoms with Gasteiger partial charge in [-0.05, 0) is 106 Å². The monoisotopic (exact) mass is 808 g/mol. The number of carbonyl (C=O) groups excluding carboxylic acids is 7. The van der Waals surface area contributed by atoms with E-state index in [0.717, 1.165) is 6.42 Å². The van der Waals surface area contributed by atoms with Gasteiger partial charge in [0.1, 0.15) is 22.8 Å². The SMILES string of the molecule is CCCCOC(=O)C(Cc1ccc(OC(=O)CCCNC(=O)OC(C)(C)C)c(OC(=O)CCCNC(=O)OC(C)(C)C)c1)NC(=O)CCCNC(=O)OC(C)(C)C. The van der Waals surface area contributed by atoms with E-state index in [1.807, 2.05) is 6.92 Å². The number of ether oxygens (including phenoxy) is 6. The quantitative estimate of drug-likeness (QED) is 0.0501. The molecule has 1 unspecified atom stereocenters. The van der Waals surface area contributed by atoms with E-state index in [9.17, 15) is 33.6 Å². The zero-order valence-electron chi connectivity index (χ0n) is 35.3. The number of nitrogens with one attached hydrogen (secondary N) is 4. The van der Waals surface area contributed by atoms with Gasteiger partial charge in [0.25, 0.3) is 0 Å². The first-order chi connectivity index (χ1) is 26.5. The maximum Gasteiger partial charge on any atom is 0.407 e. The molecule has 0 fully saturated rings. The molecule has 4 N–H and O–H groups in total. The smallest absolute Gasteiger partial charge is 0.407 e. The molecule has 0 heterocycles. The van der Waals surface area contributed by atoms with Crippen LogP contribution in [0.25, 0.3) is 0 Å². The number of hydrogen-bond acceptors (Lipinski definition) is 13. The van der Waals surface area contributed by atoms with Crippen molar-refractivity contribution >= 4 is 42.1 Å². The molecular weight excluding hydrogens is 744 g/mol. The number of carbonyl (C=O) groups is 7. The lowest BCUT2D eigenvalue weighted by Crippen LogP contribution is -2.43. The fourth-order valence-electron chi connectivity index (χ4n) is 4.53. The van der Waals surface area contributed by atoms with Gasteiger partial charge in [0.05, 0.1) is 6.61 Å². The lowest BCUT2D eigenvalue weighted by atomic mass is 10.0. The Morgan fingerprint density at radius 2 is 1.04 bits per heavy atom. The molecule has 0 spiro atoms. The predicted molar refractivity (Wildman–Crippen MR) is 210 cm³/mol. The molecular formula is C40H64N4O13. The average Bonchev–Trinajstić information content (AvgIpc) is 3.05. The molecule has 0 aliphatic carbocycles. The summed E-state index contributed by atoms with van der Waals surface area (Å²) in [7, 11) is 0. The van der Waals surface area contributed by atoms with Gasteiger partial charge in [-0.1, -0.05) is 19.4 Å². The summed E-state index contributed by atoms with van der Waals surface area (Å²) in [6, 6.07) is 3.26. The molecule has 1 rings (SSSR count). The van der Waals surface area contributed by atoms with Crippen LogP contribution in [0.1, 0.15) is 126 Å². The van der Waals surface area contributed by atoms with E-state index in [-0.39, 0.29) is 82.7 Å². The minimum atomic E-state index is -1.12. The predicted octanol–water partition coefficient (Wildman–Crippen LogP) is 5.78. The molecule has 0 saturated heterocycles. The summed E-state index contributed by atoms with van der Waals surface area (Å²) < 4.78 is 32.2. The Morgan fingerprint density at radius 3 is 1.47 bits per heavy atom. The van der Waals surface area contributed by atoms with Crippen molar-refractivity contribution < 1.29 is 62.0 Å². The summed E-state index contributed by atoms with van der Waals surface area (Å²) in [5.41, 5.74) is -1.60. The molecule has 17 heteroatoms. The Labute approximate surface area is 336 Å². The van der Waals surface area contributed by atoms with Crippen molar-refractivity contribution in [3.63, 3.8) is 0 Å². The molecule has 57 heavy (non-hydrogen) atoms. The zero-order chi connectivity index (χ0) is 43.2. The number of rotatable bonds is 21. The molecule has 0 radical (unpaired) electrons. The summed E-state index contributed by atoms with van der Waals surface area (Å²) in [6.45, 7) is 18.1. The standard InChI is InChI=1S/C40H64N4O13/c1-11-12-24-52-34(48)28(44-31(45)16-13-21-41-35(49)55-38(2,3)4)25-27-19-20-29(53-32(46)17-14-22-42-36(50)56-39(5,6)7)30(26-27)54-33(47)18-15-23-43-37(51)57-40(8,9)10/h19-20,26,28H,11-18,21-25H2,1-10H3,(H,41,49)(H,42,50)(H,43,51)(H,44,45). The largest absolute Gasteiger partial charge is 0.464 e. The van der Waals surface area contributed by atoms with Crippen LogP contribution in [0.4, 0.5) is 14.4 Å². The van der Waals surface area contributed by atoms with E-state index in [1.165, 1.54) is 12.1 Å². The second kappa shape index (κ2) is 24.5. The Hall–Kier alpha value is -5.09. The molecule has 1 atom stereocenters. The third kappa shape index (κ3) is 25.6. The number of benzene rings is 1. The maximum absolute atomic E-state index is 13.2. The van der Waals surface area contributed by atoms with Gasteiger partial charge in [0.15, 0.2) is 11.5 Å². The maximum atomic E-state index is 13.2. The molecule has 0 saturated carbocycles. The van der Waals surface area contributed by atoms with Crippen LogP contribution in [0.2, 0.25) is 0 Å². The second-order valence-corrected chi connectivity index (χ2v) is 16.2. The number of amides is 4. The minimum Gasteiger partial charge on any atom is -0.464 e. The van der Waals surface area contributed by atoms with Gasteiger partial charge in [0.2, 0.25) is 5.91 Å². The van der Waals surface area contributed by atoms with Crippen molar-refractivity contribution in [2.75, 3.05) is 26.2 Å². The highest BCUT2D eigenvalue weighted by Gasteiger charge is 2.25. The Bertz CT molecular complexity index is 1490. The first-order valence-corrected chi connectivity index (χ1v) is 19.4. The van der Waals surface area contributed by atoms with E-state index in [1.54, 1.807) is 68.4 Å². The first-order valence-electron chi connectivity index (χ1n) is 19.4. The molecule has 17 nitrogen and oxygen atoms in total. The molecule has 0 aliphatic heterocycles. The van der Waals surface area contributed by atoms with Crippen molar-refractivity contribution in [1.82, 2.24) is 21.3 Å². The zero-order valence-corrected chi connectivity index (χ0v) is 35.3.